The second kappa shape index (κ2) is 5.94. The third kappa shape index (κ3) is 2.87. The number of methoxy groups -OCH3 is 1. The van der Waals surface area contributed by atoms with Crippen LogP contribution in [-0.4, -0.2) is 52.0 Å². The summed E-state index contributed by atoms with van der Waals surface area (Å²) in [5, 5.41) is 2.92. The minimum Gasteiger partial charge on any atom is -0.465 e. The van der Waals surface area contributed by atoms with E-state index < -0.39 is 16.0 Å². The maximum atomic E-state index is 12.5. The highest BCUT2D eigenvalue weighted by molar-refractivity contribution is 7.89. The number of sulfonamides is 1. The molecule has 2 heterocycles. The molecule has 1 aliphatic rings. The van der Waals surface area contributed by atoms with E-state index in [0.717, 1.165) is 13.0 Å². The lowest BCUT2D eigenvalue weighted by Crippen LogP contribution is -2.34. The van der Waals surface area contributed by atoms with Crippen molar-refractivity contribution in [1.29, 1.82) is 0 Å². The number of rotatable bonds is 3. The summed E-state index contributed by atoms with van der Waals surface area (Å²) in [5.74, 6) is -0.367. The summed E-state index contributed by atoms with van der Waals surface area (Å²) < 4.78 is 36.1. The van der Waals surface area contributed by atoms with Crippen LogP contribution >= 0.6 is 0 Å². The summed E-state index contributed by atoms with van der Waals surface area (Å²) in [5.41, 5.74) is 0.138. The topological polar surface area (TPSA) is 88.9 Å². The van der Waals surface area contributed by atoms with Crippen LogP contribution in [0, 0.1) is 6.92 Å². The van der Waals surface area contributed by atoms with Crippen LogP contribution < -0.4 is 5.32 Å². The van der Waals surface area contributed by atoms with Gasteiger partial charge in [-0.15, -0.1) is 0 Å². The Balaban J connectivity index is 2.31. The van der Waals surface area contributed by atoms with Crippen molar-refractivity contribution >= 4 is 16.0 Å². The molecule has 1 N–H and O–H groups in total. The molecule has 0 unspecified atom stereocenters. The zero-order valence-electron chi connectivity index (χ0n) is 11.5. The average Bonchev–Trinajstić information content (AvgIpc) is 2.66. The SMILES string of the molecule is COC(=O)c1cc(S(=O)(=O)N2CCCNCC2)oc1C. The van der Waals surface area contributed by atoms with E-state index in [9.17, 15) is 13.2 Å². The van der Waals surface area contributed by atoms with Gasteiger partial charge in [-0.3, -0.25) is 0 Å². The van der Waals surface area contributed by atoms with Crippen molar-refractivity contribution in [3.8, 4) is 0 Å². The second-order valence-electron chi connectivity index (χ2n) is 4.53. The minimum atomic E-state index is -3.71. The summed E-state index contributed by atoms with van der Waals surface area (Å²) in [4.78, 5) is 11.5. The Labute approximate surface area is 117 Å². The monoisotopic (exact) mass is 302 g/mol. The molecule has 0 amide bonds. The average molecular weight is 302 g/mol. The molecule has 20 heavy (non-hydrogen) atoms. The molecule has 1 aromatic rings. The largest absolute Gasteiger partial charge is 0.465 e. The number of hydrogen-bond donors (Lipinski definition) is 1. The maximum absolute atomic E-state index is 12.5. The zero-order valence-corrected chi connectivity index (χ0v) is 12.3. The van der Waals surface area contributed by atoms with Gasteiger partial charge < -0.3 is 14.5 Å². The molecule has 2 rings (SSSR count). The van der Waals surface area contributed by atoms with Gasteiger partial charge in [0.2, 0.25) is 5.09 Å². The molecule has 7 nitrogen and oxygen atoms in total. The fourth-order valence-electron chi connectivity index (χ4n) is 2.08. The lowest BCUT2D eigenvalue weighted by atomic mass is 10.3. The number of carbonyl (C=O) groups is 1. The summed E-state index contributed by atoms with van der Waals surface area (Å²) in [6.45, 7) is 3.74. The fraction of sp³-hybridized carbons (Fsp3) is 0.583. The number of nitrogens with zero attached hydrogens (tertiary/aromatic N) is 1. The smallest absolute Gasteiger partial charge is 0.341 e. The Morgan fingerprint density at radius 3 is 2.85 bits per heavy atom. The second-order valence-corrected chi connectivity index (χ2v) is 6.40. The predicted molar refractivity (Wildman–Crippen MR) is 71.0 cm³/mol. The van der Waals surface area contributed by atoms with Gasteiger partial charge in [0.25, 0.3) is 10.0 Å². The molecule has 1 saturated heterocycles. The van der Waals surface area contributed by atoms with E-state index >= 15 is 0 Å². The molecular weight excluding hydrogens is 284 g/mol. The van der Waals surface area contributed by atoms with Crippen molar-refractivity contribution < 1.29 is 22.4 Å². The van der Waals surface area contributed by atoms with Crippen LogP contribution in [0.15, 0.2) is 15.6 Å². The molecule has 8 heteroatoms. The molecule has 0 aromatic carbocycles. The Kier molecular flexibility index (Phi) is 4.46. The molecule has 0 bridgehead atoms. The van der Waals surface area contributed by atoms with Crippen molar-refractivity contribution in [3.63, 3.8) is 0 Å². The number of hydrogen-bond acceptors (Lipinski definition) is 6. The quantitative estimate of drug-likeness (QED) is 0.811. The molecule has 0 radical (unpaired) electrons. The van der Waals surface area contributed by atoms with Gasteiger partial charge in [-0.2, -0.15) is 4.31 Å². The van der Waals surface area contributed by atoms with Gasteiger partial charge in [0, 0.05) is 25.7 Å². The standard InChI is InChI=1S/C12H18N2O5S/c1-9-10(12(15)18-2)8-11(19-9)20(16,17)14-6-3-4-13-5-7-14/h8,13H,3-7H2,1-2H3. The molecule has 112 valence electrons. The number of esters is 1. The van der Waals surface area contributed by atoms with Gasteiger partial charge in [-0.1, -0.05) is 0 Å². The van der Waals surface area contributed by atoms with Gasteiger partial charge in [0.15, 0.2) is 0 Å². The first-order valence-electron chi connectivity index (χ1n) is 6.36. The Morgan fingerprint density at radius 2 is 2.15 bits per heavy atom. The van der Waals surface area contributed by atoms with Crippen LogP contribution in [0.4, 0.5) is 0 Å². The third-order valence-electron chi connectivity index (χ3n) is 3.19. The van der Waals surface area contributed by atoms with Crippen LogP contribution in [0.25, 0.3) is 0 Å². The van der Waals surface area contributed by atoms with E-state index in [1.807, 2.05) is 0 Å². The number of aryl methyl sites for hydroxylation is 1. The number of ether oxygens (including phenoxy) is 1. The van der Waals surface area contributed by atoms with Gasteiger partial charge >= 0.3 is 5.97 Å². The minimum absolute atomic E-state index is 0.138. The van der Waals surface area contributed by atoms with Crippen LogP contribution in [0.3, 0.4) is 0 Å². The van der Waals surface area contributed by atoms with Crippen molar-refractivity contribution in [2.75, 3.05) is 33.3 Å². The molecule has 1 fully saturated rings. The Bertz CT molecular complexity index is 585. The highest BCUT2D eigenvalue weighted by Gasteiger charge is 2.30. The van der Waals surface area contributed by atoms with Crippen molar-refractivity contribution in [3.05, 3.63) is 17.4 Å². The third-order valence-corrected chi connectivity index (χ3v) is 4.95. The molecule has 1 aliphatic heterocycles. The lowest BCUT2D eigenvalue weighted by Gasteiger charge is -2.17. The molecule has 0 atom stereocenters. The number of furan rings is 1. The number of carbonyl (C=O) groups excluding carboxylic acids is 1. The predicted octanol–water partition coefficient (Wildman–Crippen LogP) is 0.359. The zero-order chi connectivity index (χ0) is 14.8. The lowest BCUT2D eigenvalue weighted by molar-refractivity contribution is 0.0599. The highest BCUT2D eigenvalue weighted by atomic mass is 32.2. The van der Waals surface area contributed by atoms with Crippen LogP contribution in [0.1, 0.15) is 22.5 Å². The van der Waals surface area contributed by atoms with E-state index in [-0.39, 0.29) is 16.4 Å². The Hall–Kier alpha value is -1.38. The molecular formula is C12H18N2O5S. The fourth-order valence-corrected chi connectivity index (χ4v) is 3.54. The molecule has 1 aromatic heterocycles. The van der Waals surface area contributed by atoms with Gasteiger partial charge in [-0.05, 0) is 19.9 Å². The first-order chi connectivity index (χ1) is 9.46. The highest BCUT2D eigenvalue weighted by Crippen LogP contribution is 2.23. The summed E-state index contributed by atoms with van der Waals surface area (Å²) in [7, 11) is -2.47. The summed E-state index contributed by atoms with van der Waals surface area (Å²) >= 11 is 0. The first kappa shape index (κ1) is 15.0. The van der Waals surface area contributed by atoms with E-state index in [1.54, 1.807) is 0 Å². The molecule has 0 saturated carbocycles. The number of nitrogens with one attached hydrogen (secondary N) is 1. The maximum Gasteiger partial charge on any atom is 0.341 e. The van der Waals surface area contributed by atoms with Crippen LogP contribution in [0.5, 0.6) is 0 Å². The first-order valence-corrected chi connectivity index (χ1v) is 7.80. The normalized spacial score (nSPS) is 17.7. The molecule has 0 spiro atoms. The van der Waals surface area contributed by atoms with Gasteiger partial charge in [0.1, 0.15) is 11.3 Å². The van der Waals surface area contributed by atoms with Crippen molar-refractivity contribution in [1.82, 2.24) is 9.62 Å². The van der Waals surface area contributed by atoms with Crippen LogP contribution in [0.2, 0.25) is 0 Å². The summed E-state index contributed by atoms with van der Waals surface area (Å²) in [6.07, 6.45) is 0.739. The van der Waals surface area contributed by atoms with E-state index in [1.165, 1.54) is 24.4 Å². The summed E-state index contributed by atoms with van der Waals surface area (Å²) in [6, 6.07) is 1.23. The van der Waals surface area contributed by atoms with E-state index in [4.69, 9.17) is 4.42 Å². The van der Waals surface area contributed by atoms with Crippen molar-refractivity contribution in [2.24, 2.45) is 0 Å². The Morgan fingerprint density at radius 1 is 1.40 bits per heavy atom. The van der Waals surface area contributed by atoms with Gasteiger partial charge in [-0.25, -0.2) is 13.2 Å². The van der Waals surface area contributed by atoms with E-state index in [0.29, 0.717) is 19.6 Å². The van der Waals surface area contributed by atoms with Crippen molar-refractivity contribution in [2.45, 2.75) is 18.4 Å². The van der Waals surface area contributed by atoms with Gasteiger partial charge in [0.05, 0.1) is 7.11 Å². The van der Waals surface area contributed by atoms with E-state index in [2.05, 4.69) is 10.1 Å². The van der Waals surface area contributed by atoms with Crippen LogP contribution in [-0.2, 0) is 14.8 Å². The molecule has 0 aliphatic carbocycles.